The van der Waals surface area contributed by atoms with Crippen LogP contribution in [-0.4, -0.2) is 41.2 Å². The van der Waals surface area contributed by atoms with E-state index in [1.54, 1.807) is 12.1 Å². The topological polar surface area (TPSA) is 60.9 Å². The van der Waals surface area contributed by atoms with E-state index in [0.29, 0.717) is 0 Å². The lowest BCUT2D eigenvalue weighted by Crippen LogP contribution is -2.08. The van der Waals surface area contributed by atoms with Crippen LogP contribution in [0.1, 0.15) is 16.7 Å². The molecule has 0 amide bonds. The highest BCUT2D eigenvalue weighted by Gasteiger charge is 2.06. The van der Waals surface area contributed by atoms with Gasteiger partial charge < -0.3 is 9.80 Å². The van der Waals surface area contributed by atoms with E-state index in [9.17, 15) is 8.42 Å². The summed E-state index contributed by atoms with van der Waals surface area (Å²) in [5, 5.41) is 0. The maximum Gasteiger partial charge on any atom is 0.294 e. The zero-order valence-corrected chi connectivity index (χ0v) is 19.0. The molecule has 0 atom stereocenters. The van der Waals surface area contributed by atoms with Crippen molar-refractivity contribution in [1.82, 2.24) is 0 Å². The van der Waals surface area contributed by atoms with Gasteiger partial charge in [-0.2, -0.15) is 8.42 Å². The molecule has 1 N–H and O–H groups in total. The number of nitrogens with zero attached hydrogens (tertiary/aromatic N) is 2. The van der Waals surface area contributed by atoms with Crippen molar-refractivity contribution in [3.8, 4) is 0 Å². The van der Waals surface area contributed by atoms with Gasteiger partial charge in [-0.1, -0.05) is 42.0 Å². The highest BCUT2D eigenvalue weighted by Crippen LogP contribution is 2.17. The first kappa shape index (κ1) is 23.4. The Kier molecular flexibility index (Phi) is 8.03. The second-order valence-electron chi connectivity index (χ2n) is 7.59. The molecule has 0 saturated heterocycles. The van der Waals surface area contributed by atoms with Crippen molar-refractivity contribution >= 4 is 21.5 Å². The molecule has 0 aromatic heterocycles. The summed E-state index contributed by atoms with van der Waals surface area (Å²) in [4.78, 5) is 4.17. The van der Waals surface area contributed by atoms with E-state index < -0.39 is 10.1 Å². The summed E-state index contributed by atoms with van der Waals surface area (Å²) in [7, 11) is 4.24. The smallest absolute Gasteiger partial charge is 0.294 e. The van der Waals surface area contributed by atoms with E-state index >= 15 is 0 Å². The molecule has 0 unspecified atom stereocenters. The number of hydrogen-bond donors (Lipinski definition) is 1. The summed E-state index contributed by atoms with van der Waals surface area (Å²) in [6.07, 6.45) is 0.988. The van der Waals surface area contributed by atoms with Crippen LogP contribution < -0.4 is 9.80 Å². The van der Waals surface area contributed by atoms with Gasteiger partial charge in [-0.05, 0) is 60.9 Å². The number of hydrogen-bond acceptors (Lipinski definition) is 4. The summed E-state index contributed by atoms with van der Waals surface area (Å²) in [6, 6.07) is 23.5. The van der Waals surface area contributed by atoms with Crippen molar-refractivity contribution in [3.05, 3.63) is 89.5 Å². The molecule has 160 valence electrons. The third kappa shape index (κ3) is 7.21. The average Bonchev–Trinajstić information content (AvgIpc) is 2.69. The van der Waals surface area contributed by atoms with Crippen LogP contribution in [0.2, 0.25) is 0 Å². The van der Waals surface area contributed by atoms with Crippen LogP contribution in [0.5, 0.6) is 0 Å². The lowest BCUT2D eigenvalue weighted by atomic mass is 10.0. The van der Waals surface area contributed by atoms with Crippen LogP contribution in [0.4, 0.5) is 11.4 Å². The first-order valence-electron chi connectivity index (χ1n) is 9.63. The number of anilines is 2. The summed E-state index contributed by atoms with van der Waals surface area (Å²) < 4.78 is 29.6. The van der Waals surface area contributed by atoms with Crippen LogP contribution in [0.15, 0.2) is 77.7 Å². The largest absolute Gasteiger partial charge is 0.378 e. The van der Waals surface area contributed by atoms with Crippen LogP contribution in [0, 0.1) is 6.92 Å². The number of benzene rings is 3. The molecular formula is C24H30N2O3S. The molecule has 0 radical (unpaired) electrons. The normalized spacial score (nSPS) is 10.7. The molecule has 0 aliphatic heterocycles. The van der Waals surface area contributed by atoms with Crippen molar-refractivity contribution in [2.45, 2.75) is 18.2 Å². The van der Waals surface area contributed by atoms with Crippen molar-refractivity contribution in [3.63, 3.8) is 0 Å². The Bertz CT molecular complexity index is 976. The molecule has 5 nitrogen and oxygen atoms in total. The van der Waals surface area contributed by atoms with Gasteiger partial charge in [0.15, 0.2) is 0 Å². The first-order chi connectivity index (χ1) is 14.1. The second-order valence-corrected chi connectivity index (χ2v) is 9.01. The fourth-order valence-corrected chi connectivity index (χ4v) is 3.25. The van der Waals surface area contributed by atoms with E-state index in [0.717, 1.165) is 12.0 Å². The lowest BCUT2D eigenvalue weighted by Gasteiger charge is -2.14. The quantitative estimate of drug-likeness (QED) is 0.602. The summed E-state index contributed by atoms with van der Waals surface area (Å²) in [5.41, 5.74) is 6.14. The van der Waals surface area contributed by atoms with Gasteiger partial charge in [-0.15, -0.1) is 0 Å². The lowest BCUT2D eigenvalue weighted by molar-refractivity contribution is 0.483. The summed E-state index contributed by atoms with van der Waals surface area (Å²) in [6.45, 7) is 1.84. The first-order valence-corrected chi connectivity index (χ1v) is 11.1. The number of aryl methyl sites for hydroxylation is 1. The minimum Gasteiger partial charge on any atom is -0.378 e. The molecule has 0 saturated carbocycles. The fourth-order valence-electron chi connectivity index (χ4n) is 2.77. The molecule has 6 heteroatoms. The zero-order chi connectivity index (χ0) is 22.3. The Morgan fingerprint density at radius 2 is 1.03 bits per heavy atom. The third-order valence-corrected chi connectivity index (χ3v) is 5.50. The average molecular weight is 427 g/mol. The molecule has 30 heavy (non-hydrogen) atoms. The Morgan fingerprint density at radius 1 is 0.667 bits per heavy atom. The maximum atomic E-state index is 10.5. The Labute approximate surface area is 180 Å². The van der Waals surface area contributed by atoms with Gasteiger partial charge in [0, 0.05) is 39.6 Å². The van der Waals surface area contributed by atoms with Crippen molar-refractivity contribution in [2.75, 3.05) is 38.0 Å². The Balaban J connectivity index is 0.000000248. The Morgan fingerprint density at radius 3 is 1.33 bits per heavy atom. The maximum absolute atomic E-state index is 10.5. The van der Waals surface area contributed by atoms with E-state index in [4.69, 9.17) is 4.55 Å². The molecule has 0 bridgehead atoms. The van der Waals surface area contributed by atoms with E-state index in [1.807, 2.05) is 6.92 Å². The van der Waals surface area contributed by atoms with Crippen LogP contribution in [-0.2, 0) is 16.5 Å². The third-order valence-electron chi connectivity index (χ3n) is 4.63. The molecule has 0 aliphatic carbocycles. The van der Waals surface area contributed by atoms with Gasteiger partial charge in [0.25, 0.3) is 10.1 Å². The van der Waals surface area contributed by atoms with E-state index in [-0.39, 0.29) is 4.90 Å². The molecule has 0 spiro atoms. The standard InChI is InChI=1S/C17H22N2.C7H8O3S/c1-18(2)16-9-5-14(6-10-16)13-15-7-11-17(12-8-15)19(3)4;1-6-2-4-7(5-3-6)11(8,9)10/h5-12H,13H2,1-4H3;2-5H,1H3,(H,8,9,10). The van der Waals surface area contributed by atoms with Gasteiger partial charge in [0.05, 0.1) is 4.90 Å². The van der Waals surface area contributed by atoms with Crippen LogP contribution in [0.25, 0.3) is 0 Å². The van der Waals surface area contributed by atoms with Gasteiger partial charge in [0.1, 0.15) is 0 Å². The van der Waals surface area contributed by atoms with Crippen LogP contribution in [0.3, 0.4) is 0 Å². The van der Waals surface area contributed by atoms with E-state index in [2.05, 4.69) is 86.5 Å². The SMILES string of the molecule is CN(C)c1ccc(Cc2ccc(N(C)C)cc2)cc1.Cc1ccc(S(=O)(=O)O)cc1. The zero-order valence-electron chi connectivity index (χ0n) is 18.2. The molecule has 3 aromatic rings. The Hall–Kier alpha value is -2.83. The van der Waals surface area contributed by atoms with E-state index in [1.165, 1.54) is 34.6 Å². The van der Waals surface area contributed by atoms with Gasteiger partial charge >= 0.3 is 0 Å². The van der Waals surface area contributed by atoms with Crippen molar-refractivity contribution in [1.29, 1.82) is 0 Å². The number of rotatable bonds is 5. The minimum atomic E-state index is -4.02. The highest BCUT2D eigenvalue weighted by molar-refractivity contribution is 7.85. The molecular weight excluding hydrogens is 396 g/mol. The van der Waals surface area contributed by atoms with Crippen molar-refractivity contribution in [2.24, 2.45) is 0 Å². The molecule has 0 fully saturated rings. The summed E-state index contributed by atoms with van der Waals surface area (Å²) >= 11 is 0. The monoisotopic (exact) mass is 426 g/mol. The molecule has 0 aliphatic rings. The minimum absolute atomic E-state index is 0.0666. The van der Waals surface area contributed by atoms with Crippen molar-refractivity contribution < 1.29 is 13.0 Å². The predicted molar refractivity (Wildman–Crippen MR) is 125 cm³/mol. The predicted octanol–water partition coefficient (Wildman–Crippen LogP) is 4.65. The molecule has 3 aromatic carbocycles. The highest BCUT2D eigenvalue weighted by atomic mass is 32.2. The fraction of sp³-hybridized carbons (Fsp3) is 0.250. The summed E-state index contributed by atoms with van der Waals surface area (Å²) in [5.74, 6) is 0. The van der Waals surface area contributed by atoms with Gasteiger partial charge in [0.2, 0.25) is 0 Å². The van der Waals surface area contributed by atoms with Gasteiger partial charge in [-0.3, -0.25) is 4.55 Å². The molecule has 3 rings (SSSR count). The molecule has 0 heterocycles. The second kappa shape index (κ2) is 10.3. The van der Waals surface area contributed by atoms with Gasteiger partial charge in [-0.25, -0.2) is 0 Å². The van der Waals surface area contributed by atoms with Crippen LogP contribution >= 0.6 is 0 Å².